The molecule has 0 aliphatic rings. The fraction of sp³-hybridized carbons (Fsp3) is 0.417. The van der Waals surface area contributed by atoms with E-state index in [0.29, 0.717) is 18.4 Å². The van der Waals surface area contributed by atoms with Crippen LogP contribution in [-0.4, -0.2) is 14.5 Å². The fourth-order valence-electron chi connectivity index (χ4n) is 1.60. The summed E-state index contributed by atoms with van der Waals surface area (Å²) < 4.78 is 26.8. The van der Waals surface area contributed by atoms with Crippen LogP contribution in [0.4, 0.5) is 5.69 Å². The molecule has 0 heterocycles. The molecule has 0 aliphatic heterocycles. The first-order chi connectivity index (χ1) is 8.44. The highest BCUT2D eigenvalue weighted by molar-refractivity contribution is 7.89. The summed E-state index contributed by atoms with van der Waals surface area (Å²) in [7, 11) is -3.62. The lowest BCUT2D eigenvalue weighted by Crippen LogP contribution is -2.34. The van der Waals surface area contributed by atoms with Crippen LogP contribution in [-0.2, 0) is 10.0 Å². The van der Waals surface area contributed by atoms with Gasteiger partial charge in [0.05, 0.1) is 17.3 Å². The average Bonchev–Trinajstić information content (AvgIpc) is 2.35. The summed E-state index contributed by atoms with van der Waals surface area (Å²) in [5, 5.41) is 8.71. The van der Waals surface area contributed by atoms with Crippen LogP contribution in [0.15, 0.2) is 23.1 Å². The molecule has 0 saturated carbocycles. The maximum absolute atomic E-state index is 12.1. The maximum atomic E-state index is 12.1. The molecule has 1 aromatic carbocycles. The number of rotatable bonds is 5. The molecule has 0 bridgehead atoms. The minimum atomic E-state index is -3.62. The fourth-order valence-corrected chi connectivity index (χ4v) is 3.12. The van der Waals surface area contributed by atoms with Gasteiger partial charge in [-0.2, -0.15) is 5.26 Å². The first-order valence-electron chi connectivity index (χ1n) is 5.76. The van der Waals surface area contributed by atoms with E-state index < -0.39 is 10.0 Å². The third-order valence-electron chi connectivity index (χ3n) is 2.74. The number of nitrogen functional groups attached to an aromatic ring is 1. The minimum Gasteiger partial charge on any atom is -0.398 e. The second kappa shape index (κ2) is 5.85. The molecular weight excluding hydrogens is 250 g/mol. The van der Waals surface area contributed by atoms with Crippen molar-refractivity contribution in [1.29, 1.82) is 5.26 Å². The molecule has 0 unspecified atom stereocenters. The SMILES string of the molecule is CCC(CC)NS(=O)(=O)c1ccc(C#N)cc1N. The van der Waals surface area contributed by atoms with E-state index in [9.17, 15) is 8.42 Å². The van der Waals surface area contributed by atoms with E-state index in [4.69, 9.17) is 11.0 Å². The standard InChI is InChI=1S/C12H17N3O2S/c1-3-10(4-2)15-18(16,17)12-6-5-9(8-13)7-11(12)14/h5-7,10,15H,3-4,14H2,1-2H3. The normalized spacial score (nSPS) is 11.4. The van der Waals surface area contributed by atoms with Crippen LogP contribution in [0.25, 0.3) is 0 Å². The lowest BCUT2D eigenvalue weighted by atomic mass is 10.2. The van der Waals surface area contributed by atoms with Crippen molar-refractivity contribution in [3.05, 3.63) is 23.8 Å². The van der Waals surface area contributed by atoms with Gasteiger partial charge in [-0.1, -0.05) is 13.8 Å². The molecule has 6 heteroatoms. The molecule has 5 nitrogen and oxygen atoms in total. The van der Waals surface area contributed by atoms with Crippen molar-refractivity contribution in [2.45, 2.75) is 37.6 Å². The first-order valence-corrected chi connectivity index (χ1v) is 7.24. The summed E-state index contributed by atoms with van der Waals surface area (Å²) in [6.07, 6.45) is 1.43. The molecule has 98 valence electrons. The Morgan fingerprint density at radius 1 is 1.39 bits per heavy atom. The number of nitriles is 1. The molecule has 0 spiro atoms. The summed E-state index contributed by atoms with van der Waals surface area (Å²) in [5.41, 5.74) is 6.10. The van der Waals surface area contributed by atoms with Crippen LogP contribution < -0.4 is 10.5 Å². The number of benzene rings is 1. The lowest BCUT2D eigenvalue weighted by Gasteiger charge is -2.16. The highest BCUT2D eigenvalue weighted by Gasteiger charge is 2.20. The van der Waals surface area contributed by atoms with Crippen LogP contribution >= 0.6 is 0 Å². The van der Waals surface area contributed by atoms with Gasteiger partial charge in [-0.3, -0.25) is 0 Å². The number of sulfonamides is 1. The van der Waals surface area contributed by atoms with Gasteiger partial charge < -0.3 is 5.73 Å². The van der Waals surface area contributed by atoms with Gasteiger partial charge in [0.1, 0.15) is 4.90 Å². The number of nitrogens with zero attached hydrogens (tertiary/aromatic N) is 1. The van der Waals surface area contributed by atoms with Crippen molar-refractivity contribution in [3.63, 3.8) is 0 Å². The molecule has 1 rings (SSSR count). The topological polar surface area (TPSA) is 96.0 Å². The highest BCUT2D eigenvalue weighted by Crippen LogP contribution is 2.20. The maximum Gasteiger partial charge on any atom is 0.242 e. The summed E-state index contributed by atoms with van der Waals surface area (Å²) in [6, 6.07) is 5.97. The molecule has 0 saturated heterocycles. The molecule has 0 radical (unpaired) electrons. The van der Waals surface area contributed by atoms with E-state index in [2.05, 4.69) is 4.72 Å². The van der Waals surface area contributed by atoms with Gasteiger partial charge in [-0.25, -0.2) is 13.1 Å². The van der Waals surface area contributed by atoms with Crippen LogP contribution in [0.5, 0.6) is 0 Å². The molecule has 0 aromatic heterocycles. The van der Waals surface area contributed by atoms with Gasteiger partial charge in [0.2, 0.25) is 10.0 Å². The van der Waals surface area contributed by atoms with Gasteiger partial charge in [-0.15, -0.1) is 0 Å². The average molecular weight is 267 g/mol. The van der Waals surface area contributed by atoms with Crippen molar-refractivity contribution >= 4 is 15.7 Å². The van der Waals surface area contributed by atoms with E-state index in [-0.39, 0.29) is 16.6 Å². The van der Waals surface area contributed by atoms with Gasteiger partial charge in [0, 0.05) is 6.04 Å². The zero-order valence-corrected chi connectivity index (χ0v) is 11.3. The Bertz CT molecular complexity index is 557. The number of nitrogens with two attached hydrogens (primary N) is 1. The van der Waals surface area contributed by atoms with Crippen LogP contribution in [0.3, 0.4) is 0 Å². The first kappa shape index (κ1) is 14.5. The Balaban J connectivity index is 3.10. The predicted molar refractivity (Wildman–Crippen MR) is 70.3 cm³/mol. The zero-order valence-electron chi connectivity index (χ0n) is 10.5. The van der Waals surface area contributed by atoms with Gasteiger partial charge in [-0.05, 0) is 31.0 Å². The Hall–Kier alpha value is -1.58. The number of hydrogen-bond acceptors (Lipinski definition) is 4. The van der Waals surface area contributed by atoms with Gasteiger partial charge in [0.25, 0.3) is 0 Å². The summed E-state index contributed by atoms with van der Waals surface area (Å²) in [6.45, 7) is 3.83. The monoisotopic (exact) mass is 267 g/mol. The van der Waals surface area contributed by atoms with E-state index in [1.165, 1.54) is 18.2 Å². The minimum absolute atomic E-state index is 0.0217. The van der Waals surface area contributed by atoms with Crippen molar-refractivity contribution in [1.82, 2.24) is 4.72 Å². The second-order valence-corrected chi connectivity index (χ2v) is 5.68. The summed E-state index contributed by atoms with van der Waals surface area (Å²) >= 11 is 0. The van der Waals surface area contributed by atoms with Crippen LogP contribution in [0, 0.1) is 11.3 Å². The molecule has 1 aromatic rings. The summed E-state index contributed by atoms with van der Waals surface area (Å²) in [4.78, 5) is 0.0217. The van der Waals surface area contributed by atoms with E-state index >= 15 is 0 Å². The van der Waals surface area contributed by atoms with E-state index in [0.717, 1.165) is 0 Å². The summed E-state index contributed by atoms with van der Waals surface area (Å²) in [5.74, 6) is 0. The lowest BCUT2D eigenvalue weighted by molar-refractivity contribution is 0.530. The zero-order chi connectivity index (χ0) is 13.8. The van der Waals surface area contributed by atoms with Gasteiger partial charge >= 0.3 is 0 Å². The van der Waals surface area contributed by atoms with Crippen molar-refractivity contribution < 1.29 is 8.42 Å². The molecular formula is C12H17N3O2S. The molecule has 3 N–H and O–H groups in total. The van der Waals surface area contributed by atoms with Crippen LogP contribution in [0.2, 0.25) is 0 Å². The molecule has 18 heavy (non-hydrogen) atoms. The third-order valence-corrected chi connectivity index (χ3v) is 4.33. The molecule has 0 atom stereocenters. The van der Waals surface area contributed by atoms with Crippen molar-refractivity contribution in [2.75, 3.05) is 5.73 Å². The number of hydrogen-bond donors (Lipinski definition) is 2. The number of nitrogens with one attached hydrogen (secondary N) is 1. The van der Waals surface area contributed by atoms with Crippen LogP contribution in [0.1, 0.15) is 32.3 Å². The predicted octanol–water partition coefficient (Wildman–Crippen LogP) is 1.61. The molecule has 0 fully saturated rings. The smallest absolute Gasteiger partial charge is 0.242 e. The highest BCUT2D eigenvalue weighted by atomic mass is 32.2. The van der Waals surface area contributed by atoms with E-state index in [1.54, 1.807) is 0 Å². The Labute approximate surface area is 108 Å². The quantitative estimate of drug-likeness (QED) is 0.792. The second-order valence-electron chi connectivity index (χ2n) is 4.00. The molecule has 0 aliphatic carbocycles. The third kappa shape index (κ3) is 3.22. The Morgan fingerprint density at radius 3 is 2.44 bits per heavy atom. The Kier molecular flexibility index (Phi) is 4.70. The Morgan fingerprint density at radius 2 is 2.00 bits per heavy atom. The largest absolute Gasteiger partial charge is 0.398 e. The van der Waals surface area contributed by atoms with Crippen molar-refractivity contribution in [2.24, 2.45) is 0 Å². The van der Waals surface area contributed by atoms with E-state index in [1.807, 2.05) is 19.9 Å². The molecule has 0 amide bonds. The number of anilines is 1. The van der Waals surface area contributed by atoms with Crippen molar-refractivity contribution in [3.8, 4) is 6.07 Å². The van der Waals surface area contributed by atoms with Gasteiger partial charge in [0.15, 0.2) is 0 Å².